The summed E-state index contributed by atoms with van der Waals surface area (Å²) in [6, 6.07) is 13.1. The van der Waals surface area contributed by atoms with Gasteiger partial charge in [-0.25, -0.2) is 9.18 Å². The molecular weight excluding hydrogens is 303 g/mol. The molecular formula is C17H18ClFN2O. The molecule has 0 saturated carbocycles. The summed E-state index contributed by atoms with van der Waals surface area (Å²) >= 11 is 6.13. The molecule has 0 aliphatic heterocycles. The number of hydrogen-bond acceptors (Lipinski definition) is 1. The fourth-order valence-corrected chi connectivity index (χ4v) is 2.43. The van der Waals surface area contributed by atoms with E-state index < -0.39 is 0 Å². The van der Waals surface area contributed by atoms with Crippen LogP contribution in [0.5, 0.6) is 0 Å². The Morgan fingerprint density at radius 1 is 1.23 bits per heavy atom. The number of rotatable bonds is 4. The molecule has 116 valence electrons. The first-order valence-corrected chi connectivity index (χ1v) is 7.35. The smallest absolute Gasteiger partial charge is 0.317 e. The first kappa shape index (κ1) is 16.3. The van der Waals surface area contributed by atoms with E-state index >= 15 is 0 Å². The van der Waals surface area contributed by atoms with Gasteiger partial charge < -0.3 is 10.2 Å². The lowest BCUT2D eigenvalue weighted by Gasteiger charge is -2.22. The van der Waals surface area contributed by atoms with Crippen molar-refractivity contribution in [2.24, 2.45) is 0 Å². The van der Waals surface area contributed by atoms with E-state index in [2.05, 4.69) is 5.32 Å². The van der Waals surface area contributed by atoms with Crippen LogP contribution in [0.3, 0.4) is 0 Å². The van der Waals surface area contributed by atoms with Crippen LogP contribution in [0.25, 0.3) is 0 Å². The van der Waals surface area contributed by atoms with E-state index in [4.69, 9.17) is 11.6 Å². The molecule has 0 fully saturated rings. The number of halogens is 2. The Morgan fingerprint density at radius 2 is 1.86 bits per heavy atom. The minimum absolute atomic E-state index is 0.197. The van der Waals surface area contributed by atoms with E-state index in [0.717, 1.165) is 11.1 Å². The number of carbonyl (C=O) groups is 1. The van der Waals surface area contributed by atoms with Gasteiger partial charge >= 0.3 is 6.03 Å². The van der Waals surface area contributed by atoms with Gasteiger partial charge in [-0.05, 0) is 36.2 Å². The second-order valence-electron chi connectivity index (χ2n) is 5.18. The SMILES string of the molecule is CC(NC(=O)N(C)Cc1ccc(F)cc1)c1ccccc1Cl. The first-order chi connectivity index (χ1) is 10.5. The molecule has 0 radical (unpaired) electrons. The van der Waals surface area contributed by atoms with Gasteiger partial charge in [0.1, 0.15) is 5.82 Å². The highest BCUT2D eigenvalue weighted by Crippen LogP contribution is 2.22. The molecule has 2 amide bonds. The molecule has 1 atom stereocenters. The lowest BCUT2D eigenvalue weighted by molar-refractivity contribution is 0.203. The van der Waals surface area contributed by atoms with Crippen molar-refractivity contribution in [1.29, 1.82) is 0 Å². The maximum absolute atomic E-state index is 12.9. The van der Waals surface area contributed by atoms with Crippen LogP contribution >= 0.6 is 11.6 Å². The molecule has 2 aromatic rings. The average molecular weight is 321 g/mol. The summed E-state index contributed by atoms with van der Waals surface area (Å²) in [6.45, 7) is 2.28. The Bertz CT molecular complexity index is 645. The second kappa shape index (κ2) is 7.27. The molecule has 22 heavy (non-hydrogen) atoms. The van der Waals surface area contributed by atoms with Gasteiger partial charge in [0.05, 0.1) is 6.04 Å². The molecule has 5 heteroatoms. The van der Waals surface area contributed by atoms with E-state index in [0.29, 0.717) is 11.6 Å². The highest BCUT2D eigenvalue weighted by Gasteiger charge is 2.15. The fourth-order valence-electron chi connectivity index (χ4n) is 2.13. The molecule has 0 bridgehead atoms. The molecule has 0 heterocycles. The largest absolute Gasteiger partial charge is 0.331 e. The maximum atomic E-state index is 12.9. The topological polar surface area (TPSA) is 32.3 Å². The summed E-state index contributed by atoms with van der Waals surface area (Å²) < 4.78 is 12.9. The predicted octanol–water partition coefficient (Wildman–Crippen LogP) is 4.38. The molecule has 1 unspecified atom stereocenters. The van der Waals surface area contributed by atoms with Crippen molar-refractivity contribution < 1.29 is 9.18 Å². The monoisotopic (exact) mass is 320 g/mol. The van der Waals surface area contributed by atoms with Gasteiger partial charge in [0.2, 0.25) is 0 Å². The number of amides is 2. The molecule has 1 N–H and O–H groups in total. The Hall–Kier alpha value is -2.07. The van der Waals surface area contributed by atoms with Crippen LogP contribution in [0, 0.1) is 5.82 Å². The number of benzene rings is 2. The van der Waals surface area contributed by atoms with Gasteiger partial charge in [0, 0.05) is 18.6 Å². The van der Waals surface area contributed by atoms with Gasteiger partial charge in [-0.3, -0.25) is 0 Å². The standard InChI is InChI=1S/C17H18ClFN2O/c1-12(15-5-3-4-6-16(15)18)20-17(22)21(2)11-13-7-9-14(19)10-8-13/h3-10,12H,11H2,1-2H3,(H,20,22). The van der Waals surface area contributed by atoms with Crippen molar-refractivity contribution in [2.45, 2.75) is 19.5 Å². The summed E-state index contributed by atoms with van der Waals surface area (Å²) in [5.74, 6) is -0.289. The third-order valence-corrected chi connectivity index (χ3v) is 3.74. The summed E-state index contributed by atoms with van der Waals surface area (Å²) in [6.07, 6.45) is 0. The summed E-state index contributed by atoms with van der Waals surface area (Å²) in [4.78, 5) is 13.7. The zero-order chi connectivity index (χ0) is 16.1. The molecule has 0 aliphatic carbocycles. The Morgan fingerprint density at radius 3 is 2.50 bits per heavy atom. The summed E-state index contributed by atoms with van der Waals surface area (Å²) in [5, 5.41) is 3.52. The quantitative estimate of drug-likeness (QED) is 0.890. The zero-order valence-corrected chi connectivity index (χ0v) is 13.3. The highest BCUT2D eigenvalue weighted by atomic mass is 35.5. The molecule has 3 nitrogen and oxygen atoms in total. The zero-order valence-electron chi connectivity index (χ0n) is 12.5. The number of carbonyl (C=O) groups excluding carboxylic acids is 1. The van der Waals surface area contributed by atoms with Crippen molar-refractivity contribution >= 4 is 17.6 Å². The average Bonchev–Trinajstić information content (AvgIpc) is 2.49. The van der Waals surface area contributed by atoms with Crippen LogP contribution in [-0.4, -0.2) is 18.0 Å². The van der Waals surface area contributed by atoms with Crippen LogP contribution in [0.1, 0.15) is 24.1 Å². The second-order valence-corrected chi connectivity index (χ2v) is 5.58. The molecule has 0 aliphatic rings. The van der Waals surface area contributed by atoms with Crippen molar-refractivity contribution in [1.82, 2.24) is 10.2 Å². The van der Waals surface area contributed by atoms with E-state index in [-0.39, 0.29) is 17.9 Å². The third kappa shape index (κ3) is 4.21. The van der Waals surface area contributed by atoms with Crippen molar-refractivity contribution in [3.8, 4) is 0 Å². The molecule has 2 aromatic carbocycles. The number of urea groups is 1. The van der Waals surface area contributed by atoms with Crippen LogP contribution in [0.2, 0.25) is 5.02 Å². The van der Waals surface area contributed by atoms with Crippen molar-refractivity contribution in [2.75, 3.05) is 7.05 Å². The van der Waals surface area contributed by atoms with Crippen LogP contribution < -0.4 is 5.32 Å². The highest BCUT2D eigenvalue weighted by molar-refractivity contribution is 6.31. The predicted molar refractivity (Wildman–Crippen MR) is 86.3 cm³/mol. The summed E-state index contributed by atoms with van der Waals surface area (Å²) in [5.41, 5.74) is 1.73. The van der Waals surface area contributed by atoms with E-state index in [9.17, 15) is 9.18 Å². The third-order valence-electron chi connectivity index (χ3n) is 3.39. The minimum Gasteiger partial charge on any atom is -0.331 e. The summed E-state index contributed by atoms with van der Waals surface area (Å²) in [7, 11) is 1.69. The number of nitrogens with zero attached hydrogens (tertiary/aromatic N) is 1. The van der Waals surface area contributed by atoms with E-state index in [1.807, 2.05) is 25.1 Å². The number of hydrogen-bond donors (Lipinski definition) is 1. The van der Waals surface area contributed by atoms with Crippen molar-refractivity contribution in [3.05, 3.63) is 70.5 Å². The molecule has 0 spiro atoms. The van der Waals surface area contributed by atoms with Gasteiger partial charge in [-0.15, -0.1) is 0 Å². The lowest BCUT2D eigenvalue weighted by atomic mass is 10.1. The molecule has 0 saturated heterocycles. The van der Waals surface area contributed by atoms with Crippen LogP contribution in [0.15, 0.2) is 48.5 Å². The lowest BCUT2D eigenvalue weighted by Crippen LogP contribution is -2.38. The fraction of sp³-hybridized carbons (Fsp3) is 0.235. The maximum Gasteiger partial charge on any atom is 0.317 e. The van der Waals surface area contributed by atoms with Gasteiger partial charge in [-0.2, -0.15) is 0 Å². The Kier molecular flexibility index (Phi) is 5.39. The van der Waals surface area contributed by atoms with Crippen LogP contribution in [-0.2, 0) is 6.54 Å². The number of nitrogens with one attached hydrogen (secondary N) is 1. The first-order valence-electron chi connectivity index (χ1n) is 6.98. The van der Waals surface area contributed by atoms with Crippen molar-refractivity contribution in [3.63, 3.8) is 0 Å². The van der Waals surface area contributed by atoms with Gasteiger partial charge in [-0.1, -0.05) is 41.9 Å². The van der Waals surface area contributed by atoms with Crippen LogP contribution in [0.4, 0.5) is 9.18 Å². The normalized spacial score (nSPS) is 11.8. The minimum atomic E-state index is -0.289. The molecule has 2 rings (SSSR count). The van der Waals surface area contributed by atoms with E-state index in [1.54, 1.807) is 30.1 Å². The Labute approximate surface area is 134 Å². The van der Waals surface area contributed by atoms with Gasteiger partial charge in [0.15, 0.2) is 0 Å². The Balaban J connectivity index is 1.96. The van der Waals surface area contributed by atoms with Gasteiger partial charge in [0.25, 0.3) is 0 Å². The van der Waals surface area contributed by atoms with E-state index in [1.165, 1.54) is 12.1 Å². The molecule has 0 aromatic heterocycles.